The second kappa shape index (κ2) is 5.01. The molecule has 0 aliphatic heterocycles. The summed E-state index contributed by atoms with van der Waals surface area (Å²) in [6.07, 6.45) is 1.88. The lowest BCUT2D eigenvalue weighted by Crippen LogP contribution is -2.50. The highest BCUT2D eigenvalue weighted by Gasteiger charge is 2.31. The van der Waals surface area contributed by atoms with Gasteiger partial charge in [-0.15, -0.1) is 11.6 Å². The molecule has 0 fully saturated rings. The van der Waals surface area contributed by atoms with E-state index in [2.05, 4.69) is 26.1 Å². The van der Waals surface area contributed by atoms with E-state index >= 15 is 0 Å². The van der Waals surface area contributed by atoms with Crippen LogP contribution in [0, 0.1) is 5.41 Å². The zero-order valence-electron chi connectivity index (χ0n) is 9.91. The van der Waals surface area contributed by atoms with E-state index in [0.29, 0.717) is 5.88 Å². The van der Waals surface area contributed by atoms with Crippen LogP contribution in [0.25, 0.3) is 0 Å². The minimum atomic E-state index is -0.479. The average Bonchev–Trinajstić information content (AvgIpc) is 2.17. The Morgan fingerprint density at radius 3 is 1.93 bits per heavy atom. The third-order valence-electron chi connectivity index (χ3n) is 2.92. The number of carbonyl (C=O) groups is 1. The number of halogens is 1. The molecule has 0 saturated heterocycles. The molecule has 0 rings (SSSR count). The van der Waals surface area contributed by atoms with E-state index in [1.165, 1.54) is 0 Å². The molecule has 0 atom stereocenters. The maximum Gasteiger partial charge on any atom is 0.227 e. The highest BCUT2D eigenvalue weighted by atomic mass is 35.5. The lowest BCUT2D eigenvalue weighted by molar-refractivity contribution is -0.130. The van der Waals surface area contributed by atoms with E-state index in [1.54, 1.807) is 0 Å². The number of hydrogen-bond acceptors (Lipinski definition) is 1. The average molecular weight is 220 g/mol. The first-order chi connectivity index (χ1) is 6.31. The van der Waals surface area contributed by atoms with E-state index in [9.17, 15) is 4.79 Å². The third kappa shape index (κ3) is 3.49. The van der Waals surface area contributed by atoms with Crippen LogP contribution in [0.3, 0.4) is 0 Å². The first-order valence-corrected chi connectivity index (χ1v) is 5.73. The molecule has 0 aromatic carbocycles. The number of hydrogen-bond donors (Lipinski definition) is 1. The molecule has 0 unspecified atom stereocenters. The first kappa shape index (κ1) is 13.8. The largest absolute Gasteiger partial charge is 0.350 e. The predicted octanol–water partition coefficient (Wildman–Crippen LogP) is 2.95. The molecule has 0 heterocycles. The summed E-state index contributed by atoms with van der Waals surface area (Å²) in [4.78, 5) is 11.8. The number of nitrogens with one attached hydrogen (secondary N) is 1. The molecule has 0 bridgehead atoms. The molecular weight excluding hydrogens is 198 g/mol. The standard InChI is InChI=1S/C11H22ClNO/c1-6-11(5,7-2)13-9(14)10(3,4)8-12/h6-8H2,1-5H3,(H,13,14). The van der Waals surface area contributed by atoms with Gasteiger partial charge in [0.1, 0.15) is 0 Å². The van der Waals surface area contributed by atoms with E-state index in [4.69, 9.17) is 11.6 Å². The van der Waals surface area contributed by atoms with Crippen molar-refractivity contribution < 1.29 is 4.79 Å². The van der Waals surface area contributed by atoms with E-state index in [1.807, 2.05) is 13.8 Å². The molecular formula is C11H22ClNO. The lowest BCUT2D eigenvalue weighted by atomic mass is 9.90. The van der Waals surface area contributed by atoms with Crippen molar-refractivity contribution in [3.63, 3.8) is 0 Å². The summed E-state index contributed by atoms with van der Waals surface area (Å²) in [6, 6.07) is 0. The van der Waals surface area contributed by atoms with Gasteiger partial charge in [0.05, 0.1) is 5.41 Å². The minimum absolute atomic E-state index is 0.0405. The molecule has 3 heteroatoms. The van der Waals surface area contributed by atoms with Crippen LogP contribution in [-0.2, 0) is 4.79 Å². The van der Waals surface area contributed by atoms with Crippen LogP contribution in [0.4, 0.5) is 0 Å². The molecule has 14 heavy (non-hydrogen) atoms. The maximum atomic E-state index is 11.8. The quantitative estimate of drug-likeness (QED) is 0.708. The fraction of sp³-hybridized carbons (Fsp3) is 0.909. The van der Waals surface area contributed by atoms with Gasteiger partial charge < -0.3 is 5.32 Å². The number of rotatable bonds is 5. The molecule has 0 aromatic heterocycles. The van der Waals surface area contributed by atoms with Gasteiger partial charge in [-0.3, -0.25) is 4.79 Å². The highest BCUT2D eigenvalue weighted by molar-refractivity contribution is 6.19. The summed E-state index contributed by atoms with van der Waals surface area (Å²) in [5, 5.41) is 3.06. The Kier molecular flexibility index (Phi) is 4.93. The van der Waals surface area contributed by atoms with Crippen LogP contribution < -0.4 is 5.32 Å². The van der Waals surface area contributed by atoms with Gasteiger partial charge >= 0.3 is 0 Å². The summed E-state index contributed by atoms with van der Waals surface area (Å²) < 4.78 is 0. The molecule has 2 nitrogen and oxygen atoms in total. The van der Waals surface area contributed by atoms with Crippen molar-refractivity contribution in [2.75, 3.05) is 5.88 Å². The molecule has 0 saturated carbocycles. The zero-order valence-corrected chi connectivity index (χ0v) is 10.7. The molecule has 0 aliphatic carbocycles. The summed E-state index contributed by atoms with van der Waals surface area (Å²) >= 11 is 5.74. The molecule has 84 valence electrons. The van der Waals surface area contributed by atoms with Gasteiger partial charge in [0, 0.05) is 11.4 Å². The van der Waals surface area contributed by atoms with E-state index in [-0.39, 0.29) is 11.4 Å². The Morgan fingerprint density at radius 2 is 1.64 bits per heavy atom. The SMILES string of the molecule is CCC(C)(CC)NC(=O)C(C)(C)CCl. The zero-order chi connectivity index (χ0) is 11.4. The van der Waals surface area contributed by atoms with Crippen LogP contribution in [0.1, 0.15) is 47.5 Å². The van der Waals surface area contributed by atoms with Gasteiger partial charge in [-0.2, -0.15) is 0 Å². The smallest absolute Gasteiger partial charge is 0.227 e. The predicted molar refractivity (Wildman–Crippen MR) is 61.6 cm³/mol. The van der Waals surface area contributed by atoms with Crippen molar-refractivity contribution in [3.05, 3.63) is 0 Å². The summed E-state index contributed by atoms with van der Waals surface area (Å²) in [5.74, 6) is 0.390. The van der Waals surface area contributed by atoms with Gasteiger partial charge in [0.25, 0.3) is 0 Å². The molecule has 1 N–H and O–H groups in total. The van der Waals surface area contributed by atoms with Crippen molar-refractivity contribution in [1.82, 2.24) is 5.32 Å². The van der Waals surface area contributed by atoms with Crippen LogP contribution in [-0.4, -0.2) is 17.3 Å². The molecule has 0 spiro atoms. The fourth-order valence-corrected chi connectivity index (χ4v) is 1.05. The normalized spacial score (nSPS) is 12.7. The fourth-order valence-electron chi connectivity index (χ4n) is 0.931. The van der Waals surface area contributed by atoms with Crippen LogP contribution >= 0.6 is 11.6 Å². The monoisotopic (exact) mass is 219 g/mol. The Balaban J connectivity index is 4.45. The second-order valence-corrected chi connectivity index (χ2v) is 5.01. The topological polar surface area (TPSA) is 29.1 Å². The van der Waals surface area contributed by atoms with Gasteiger partial charge in [0.2, 0.25) is 5.91 Å². The summed E-state index contributed by atoms with van der Waals surface area (Å²) in [5.41, 5.74) is -0.576. The Hall–Kier alpha value is -0.240. The lowest BCUT2D eigenvalue weighted by Gasteiger charge is -2.32. The van der Waals surface area contributed by atoms with Gasteiger partial charge in [-0.25, -0.2) is 0 Å². The molecule has 0 radical (unpaired) electrons. The highest BCUT2D eigenvalue weighted by Crippen LogP contribution is 2.21. The van der Waals surface area contributed by atoms with E-state index < -0.39 is 5.41 Å². The number of amides is 1. The summed E-state index contributed by atoms with van der Waals surface area (Å²) in [7, 11) is 0. The Bertz CT molecular complexity index is 197. The first-order valence-electron chi connectivity index (χ1n) is 5.20. The number of alkyl halides is 1. The van der Waals surface area contributed by atoms with Crippen molar-refractivity contribution in [2.24, 2.45) is 5.41 Å². The molecule has 1 amide bonds. The van der Waals surface area contributed by atoms with Crippen molar-refractivity contribution in [3.8, 4) is 0 Å². The summed E-state index contributed by atoms with van der Waals surface area (Å²) in [6.45, 7) is 9.95. The van der Waals surface area contributed by atoms with E-state index in [0.717, 1.165) is 12.8 Å². The Labute approximate surface area is 92.4 Å². The van der Waals surface area contributed by atoms with Gasteiger partial charge in [0.15, 0.2) is 0 Å². The van der Waals surface area contributed by atoms with Crippen molar-refractivity contribution in [2.45, 2.75) is 53.0 Å². The van der Waals surface area contributed by atoms with Crippen LogP contribution in [0.2, 0.25) is 0 Å². The second-order valence-electron chi connectivity index (χ2n) is 4.74. The van der Waals surface area contributed by atoms with Gasteiger partial charge in [-0.05, 0) is 33.6 Å². The van der Waals surface area contributed by atoms with Crippen molar-refractivity contribution in [1.29, 1.82) is 0 Å². The number of carbonyl (C=O) groups excluding carboxylic acids is 1. The van der Waals surface area contributed by atoms with Crippen LogP contribution in [0.15, 0.2) is 0 Å². The third-order valence-corrected chi connectivity index (χ3v) is 3.59. The molecule has 0 aliphatic rings. The maximum absolute atomic E-state index is 11.8. The minimum Gasteiger partial charge on any atom is -0.350 e. The van der Waals surface area contributed by atoms with Crippen LogP contribution in [0.5, 0.6) is 0 Å². The van der Waals surface area contributed by atoms with Gasteiger partial charge in [-0.1, -0.05) is 13.8 Å². The molecule has 0 aromatic rings. The van der Waals surface area contributed by atoms with Crippen molar-refractivity contribution >= 4 is 17.5 Å². The Morgan fingerprint density at radius 1 is 1.21 bits per heavy atom.